The Morgan fingerprint density at radius 1 is 1.04 bits per heavy atom. The normalized spacial score (nSPS) is 15.2. The van der Waals surface area contributed by atoms with Crippen LogP contribution in [0.15, 0.2) is 47.6 Å². The van der Waals surface area contributed by atoms with Gasteiger partial charge in [-0.3, -0.25) is 4.79 Å². The Hall–Kier alpha value is -2.42. The summed E-state index contributed by atoms with van der Waals surface area (Å²) in [6.07, 6.45) is 1.97. The van der Waals surface area contributed by atoms with Crippen LogP contribution < -0.4 is 0 Å². The number of benzene rings is 2. The molecule has 0 radical (unpaired) electrons. The molecule has 0 aromatic heterocycles. The second-order valence-electron chi connectivity index (χ2n) is 6.11. The van der Waals surface area contributed by atoms with Crippen molar-refractivity contribution >= 4 is 11.5 Å². The maximum absolute atomic E-state index is 12.3. The molecule has 23 heavy (non-hydrogen) atoms. The van der Waals surface area contributed by atoms with E-state index in [0.717, 1.165) is 12.8 Å². The first-order valence-corrected chi connectivity index (χ1v) is 8.06. The molecular formula is C20H21NO2. The number of hydrogen-bond acceptors (Lipinski definition) is 3. The summed E-state index contributed by atoms with van der Waals surface area (Å²) in [4.78, 5) is 12.3. The predicted octanol–water partition coefficient (Wildman–Crippen LogP) is 4.81. The number of hydrogen-bond donors (Lipinski definition) is 1. The van der Waals surface area contributed by atoms with Gasteiger partial charge in [0.1, 0.15) is 5.71 Å². The summed E-state index contributed by atoms with van der Waals surface area (Å²) in [6.45, 7) is 5.92. The highest BCUT2D eigenvalue weighted by molar-refractivity contribution is 6.45. The van der Waals surface area contributed by atoms with Crippen LogP contribution in [-0.2, 0) is 5.41 Å². The van der Waals surface area contributed by atoms with Crippen LogP contribution in [0.2, 0.25) is 0 Å². The second-order valence-corrected chi connectivity index (χ2v) is 6.11. The minimum atomic E-state index is -0.229. The highest BCUT2D eigenvalue weighted by atomic mass is 16.4. The molecule has 0 bridgehead atoms. The first-order chi connectivity index (χ1) is 11.1. The van der Waals surface area contributed by atoms with Crippen molar-refractivity contribution in [2.45, 2.75) is 39.0 Å². The maximum atomic E-state index is 12.3. The molecule has 0 saturated carbocycles. The number of fused-ring (bicyclic) bond motifs is 3. The van der Waals surface area contributed by atoms with Crippen LogP contribution >= 0.6 is 0 Å². The molecule has 3 heteroatoms. The fourth-order valence-corrected chi connectivity index (χ4v) is 3.86. The number of ketones is 1. The van der Waals surface area contributed by atoms with E-state index in [1.807, 2.05) is 18.2 Å². The number of oxime groups is 1. The molecule has 1 aliphatic carbocycles. The third-order valence-corrected chi connectivity index (χ3v) is 5.22. The topological polar surface area (TPSA) is 49.7 Å². The average Bonchev–Trinajstić information content (AvgIpc) is 2.90. The average molecular weight is 307 g/mol. The molecular weight excluding hydrogens is 286 g/mol. The van der Waals surface area contributed by atoms with Gasteiger partial charge in [-0.2, -0.15) is 0 Å². The van der Waals surface area contributed by atoms with E-state index in [-0.39, 0.29) is 16.9 Å². The summed E-state index contributed by atoms with van der Waals surface area (Å²) >= 11 is 0. The lowest BCUT2D eigenvalue weighted by Gasteiger charge is -2.29. The summed E-state index contributed by atoms with van der Waals surface area (Å²) < 4.78 is 0. The van der Waals surface area contributed by atoms with Crippen LogP contribution in [0.4, 0.5) is 0 Å². The highest BCUT2D eigenvalue weighted by Crippen LogP contribution is 2.52. The third-order valence-electron chi connectivity index (χ3n) is 5.22. The van der Waals surface area contributed by atoms with Crippen molar-refractivity contribution < 1.29 is 10.0 Å². The van der Waals surface area contributed by atoms with E-state index in [1.54, 1.807) is 0 Å². The van der Waals surface area contributed by atoms with Crippen molar-refractivity contribution in [3.63, 3.8) is 0 Å². The van der Waals surface area contributed by atoms with Crippen molar-refractivity contribution in [1.82, 2.24) is 0 Å². The van der Waals surface area contributed by atoms with Gasteiger partial charge in [0.2, 0.25) is 5.78 Å². The zero-order chi connectivity index (χ0) is 16.6. The molecule has 3 nitrogen and oxygen atoms in total. The van der Waals surface area contributed by atoms with Gasteiger partial charge < -0.3 is 5.21 Å². The van der Waals surface area contributed by atoms with Crippen LogP contribution in [0.25, 0.3) is 11.1 Å². The van der Waals surface area contributed by atoms with Crippen molar-refractivity contribution in [2.24, 2.45) is 5.16 Å². The Labute approximate surface area is 136 Å². The molecule has 0 heterocycles. The molecule has 0 amide bonds. The van der Waals surface area contributed by atoms with E-state index < -0.39 is 0 Å². The Bertz CT molecular complexity index is 801. The van der Waals surface area contributed by atoms with Crippen LogP contribution in [0.5, 0.6) is 0 Å². The van der Waals surface area contributed by atoms with Crippen LogP contribution in [0.1, 0.15) is 55.1 Å². The van der Waals surface area contributed by atoms with Crippen molar-refractivity contribution in [3.8, 4) is 11.1 Å². The standard InChI is InChI=1S/C20H21NO2/c1-4-20(5-2)17-9-7-6-8-15(17)16-11-10-14(12-18(16)20)19(22)13(3)21-23/h6-12,23H,4-5H2,1-3H3/b21-13-. The Morgan fingerprint density at radius 2 is 1.70 bits per heavy atom. The monoisotopic (exact) mass is 307 g/mol. The lowest BCUT2D eigenvalue weighted by molar-refractivity contribution is 0.106. The van der Waals surface area contributed by atoms with Crippen molar-refractivity contribution in [3.05, 3.63) is 59.2 Å². The molecule has 0 spiro atoms. The summed E-state index contributed by atoms with van der Waals surface area (Å²) in [5.41, 5.74) is 5.67. The van der Waals surface area contributed by atoms with E-state index in [0.29, 0.717) is 5.56 Å². The molecule has 0 saturated heterocycles. The van der Waals surface area contributed by atoms with Gasteiger partial charge in [-0.1, -0.05) is 55.4 Å². The van der Waals surface area contributed by atoms with Gasteiger partial charge in [0.15, 0.2) is 0 Å². The fraction of sp³-hybridized carbons (Fsp3) is 0.300. The largest absolute Gasteiger partial charge is 0.411 e. The second kappa shape index (κ2) is 5.65. The molecule has 118 valence electrons. The lowest BCUT2D eigenvalue weighted by atomic mass is 9.73. The lowest BCUT2D eigenvalue weighted by Crippen LogP contribution is -2.23. The zero-order valence-electron chi connectivity index (χ0n) is 13.8. The summed E-state index contributed by atoms with van der Waals surface area (Å²) in [5.74, 6) is -0.229. The van der Waals surface area contributed by atoms with Gasteiger partial charge in [0.25, 0.3) is 0 Å². The zero-order valence-corrected chi connectivity index (χ0v) is 13.8. The highest BCUT2D eigenvalue weighted by Gasteiger charge is 2.40. The summed E-state index contributed by atoms with van der Waals surface area (Å²) in [7, 11) is 0. The first-order valence-electron chi connectivity index (χ1n) is 8.06. The van der Waals surface area contributed by atoms with E-state index in [9.17, 15) is 4.79 Å². The molecule has 1 aliphatic rings. The molecule has 2 aromatic carbocycles. The first kappa shape index (κ1) is 15.5. The number of rotatable bonds is 4. The van der Waals surface area contributed by atoms with Gasteiger partial charge >= 0.3 is 0 Å². The SMILES string of the molecule is CCC1(CC)c2ccccc2-c2ccc(C(=O)/C(C)=N\O)cc21. The Morgan fingerprint density at radius 3 is 2.35 bits per heavy atom. The number of nitrogens with zero attached hydrogens (tertiary/aromatic N) is 1. The molecule has 0 fully saturated rings. The van der Waals surface area contributed by atoms with Crippen LogP contribution in [0.3, 0.4) is 0 Å². The maximum Gasteiger partial charge on any atom is 0.210 e. The number of Topliss-reactive ketones (excluding diaryl/α,β-unsaturated/α-hetero) is 1. The smallest absolute Gasteiger partial charge is 0.210 e. The predicted molar refractivity (Wildman–Crippen MR) is 92.5 cm³/mol. The molecule has 3 rings (SSSR count). The van der Waals surface area contributed by atoms with Crippen LogP contribution in [0, 0.1) is 0 Å². The minimum Gasteiger partial charge on any atom is -0.411 e. The molecule has 0 unspecified atom stereocenters. The third kappa shape index (κ3) is 2.11. The van der Waals surface area contributed by atoms with Gasteiger partial charge in [0, 0.05) is 11.0 Å². The minimum absolute atomic E-state index is 0.0491. The molecule has 0 aliphatic heterocycles. The van der Waals surface area contributed by atoms with Gasteiger partial charge in [-0.15, -0.1) is 0 Å². The molecule has 2 aromatic rings. The number of carbonyl (C=O) groups is 1. The fourth-order valence-electron chi connectivity index (χ4n) is 3.86. The van der Waals surface area contributed by atoms with E-state index in [4.69, 9.17) is 5.21 Å². The van der Waals surface area contributed by atoms with E-state index in [2.05, 4.69) is 43.3 Å². The Balaban J connectivity index is 2.24. The van der Waals surface area contributed by atoms with Crippen molar-refractivity contribution in [2.75, 3.05) is 0 Å². The summed E-state index contributed by atoms with van der Waals surface area (Å²) in [6, 6.07) is 14.3. The van der Waals surface area contributed by atoms with Crippen molar-refractivity contribution in [1.29, 1.82) is 0 Å². The van der Waals surface area contributed by atoms with E-state index in [1.165, 1.54) is 29.2 Å². The molecule has 0 atom stereocenters. The van der Waals surface area contributed by atoms with Gasteiger partial charge in [0.05, 0.1) is 0 Å². The number of carbonyl (C=O) groups excluding carboxylic acids is 1. The van der Waals surface area contributed by atoms with Gasteiger partial charge in [-0.05, 0) is 48.1 Å². The van der Waals surface area contributed by atoms with Crippen LogP contribution in [-0.4, -0.2) is 16.7 Å². The summed E-state index contributed by atoms with van der Waals surface area (Å²) in [5, 5.41) is 11.9. The van der Waals surface area contributed by atoms with E-state index >= 15 is 0 Å². The Kier molecular flexibility index (Phi) is 3.80. The quantitative estimate of drug-likeness (QED) is 0.381. The molecule has 1 N–H and O–H groups in total. The van der Waals surface area contributed by atoms with Gasteiger partial charge in [-0.25, -0.2) is 0 Å².